The first-order chi connectivity index (χ1) is 9.47. The molecule has 0 aliphatic heterocycles. The van der Waals surface area contributed by atoms with Gasteiger partial charge >= 0.3 is 0 Å². The predicted molar refractivity (Wildman–Crippen MR) is 84.9 cm³/mol. The number of non-ortho nitro benzene ring substituents is 1. The third-order valence-electron chi connectivity index (χ3n) is 2.73. The average molecular weight is 382 g/mol. The van der Waals surface area contributed by atoms with Gasteiger partial charge in [0.1, 0.15) is 0 Å². The van der Waals surface area contributed by atoms with Gasteiger partial charge < -0.3 is 5.32 Å². The lowest BCUT2D eigenvalue weighted by Crippen LogP contribution is -2.12. The van der Waals surface area contributed by atoms with Crippen molar-refractivity contribution in [3.63, 3.8) is 0 Å². The molecular formula is C14H11IN2O3. The Bertz CT molecular complexity index is 686. The van der Waals surface area contributed by atoms with Gasteiger partial charge in [0, 0.05) is 27.0 Å². The van der Waals surface area contributed by atoms with Crippen molar-refractivity contribution in [3.05, 3.63) is 67.3 Å². The minimum atomic E-state index is -0.522. The number of anilines is 1. The van der Waals surface area contributed by atoms with Gasteiger partial charge in [0.2, 0.25) is 0 Å². The topological polar surface area (TPSA) is 72.2 Å². The van der Waals surface area contributed by atoms with Crippen LogP contribution in [0.3, 0.4) is 0 Å². The van der Waals surface area contributed by atoms with Crippen LogP contribution in [0.5, 0.6) is 0 Å². The zero-order chi connectivity index (χ0) is 14.7. The van der Waals surface area contributed by atoms with Crippen molar-refractivity contribution in [1.29, 1.82) is 0 Å². The van der Waals surface area contributed by atoms with E-state index in [1.807, 2.05) is 19.1 Å². The number of nitrogens with zero attached hydrogens (tertiary/aromatic N) is 1. The van der Waals surface area contributed by atoms with Crippen LogP contribution in [-0.4, -0.2) is 10.8 Å². The molecule has 6 heteroatoms. The fourth-order valence-corrected chi connectivity index (χ4v) is 2.02. The predicted octanol–water partition coefficient (Wildman–Crippen LogP) is 3.76. The van der Waals surface area contributed by atoms with Crippen LogP contribution in [0.4, 0.5) is 11.4 Å². The Labute approximate surface area is 129 Å². The number of hydrogen-bond acceptors (Lipinski definition) is 3. The summed E-state index contributed by atoms with van der Waals surface area (Å²) in [6.45, 7) is 1.95. The molecule has 20 heavy (non-hydrogen) atoms. The Morgan fingerprint density at radius 2 is 2.00 bits per heavy atom. The van der Waals surface area contributed by atoms with Gasteiger partial charge in [-0.15, -0.1) is 0 Å². The van der Waals surface area contributed by atoms with E-state index in [0.717, 1.165) is 9.13 Å². The van der Waals surface area contributed by atoms with Gasteiger partial charge in [-0.2, -0.15) is 0 Å². The maximum atomic E-state index is 12.0. The van der Waals surface area contributed by atoms with E-state index in [-0.39, 0.29) is 17.2 Å². The van der Waals surface area contributed by atoms with Crippen LogP contribution in [0.25, 0.3) is 0 Å². The van der Waals surface area contributed by atoms with Gasteiger partial charge in [0.15, 0.2) is 0 Å². The number of carbonyl (C=O) groups is 1. The van der Waals surface area contributed by atoms with Crippen molar-refractivity contribution in [3.8, 4) is 0 Å². The molecule has 0 spiro atoms. The third kappa shape index (κ3) is 3.32. The second-order valence-corrected chi connectivity index (χ2v) is 5.39. The van der Waals surface area contributed by atoms with Crippen molar-refractivity contribution >= 4 is 39.9 Å². The highest BCUT2D eigenvalue weighted by molar-refractivity contribution is 14.1. The number of halogens is 1. The highest BCUT2D eigenvalue weighted by atomic mass is 127. The Morgan fingerprint density at radius 3 is 2.65 bits per heavy atom. The lowest BCUT2D eigenvalue weighted by atomic mass is 10.1. The molecule has 0 saturated carbocycles. The first kappa shape index (κ1) is 14.4. The highest BCUT2D eigenvalue weighted by Gasteiger charge is 2.11. The monoisotopic (exact) mass is 382 g/mol. The highest BCUT2D eigenvalue weighted by Crippen LogP contribution is 2.18. The van der Waals surface area contributed by atoms with Crippen LogP contribution in [0.2, 0.25) is 0 Å². The van der Waals surface area contributed by atoms with Crippen LogP contribution in [0, 0.1) is 20.6 Å². The molecule has 5 nitrogen and oxygen atoms in total. The van der Waals surface area contributed by atoms with E-state index in [9.17, 15) is 14.9 Å². The number of nitrogens with one attached hydrogen (secondary N) is 1. The number of rotatable bonds is 3. The summed E-state index contributed by atoms with van der Waals surface area (Å²) >= 11 is 2.21. The lowest BCUT2D eigenvalue weighted by molar-refractivity contribution is -0.384. The summed E-state index contributed by atoms with van der Waals surface area (Å²) in [7, 11) is 0. The van der Waals surface area contributed by atoms with Crippen molar-refractivity contribution < 1.29 is 9.72 Å². The second kappa shape index (κ2) is 6.00. The molecule has 0 aliphatic carbocycles. The average Bonchev–Trinajstić information content (AvgIpc) is 2.43. The molecule has 0 bridgehead atoms. The second-order valence-electron chi connectivity index (χ2n) is 4.23. The SMILES string of the molecule is Cc1cc(NC(=O)c2cccc([N+](=O)[O-])c2)ccc1I. The Kier molecular flexibility index (Phi) is 4.33. The number of hydrogen-bond donors (Lipinski definition) is 1. The molecule has 0 radical (unpaired) electrons. The molecule has 1 amide bonds. The van der Waals surface area contributed by atoms with E-state index in [0.29, 0.717) is 5.69 Å². The molecule has 2 aromatic rings. The van der Waals surface area contributed by atoms with Gasteiger partial charge in [-0.1, -0.05) is 6.07 Å². The largest absolute Gasteiger partial charge is 0.322 e. The summed E-state index contributed by atoms with van der Waals surface area (Å²) in [5, 5.41) is 13.4. The molecule has 0 atom stereocenters. The molecule has 0 fully saturated rings. The van der Waals surface area contributed by atoms with Crippen molar-refractivity contribution in [2.45, 2.75) is 6.92 Å². The summed E-state index contributed by atoms with van der Waals surface area (Å²) in [6, 6.07) is 11.2. The summed E-state index contributed by atoms with van der Waals surface area (Å²) < 4.78 is 1.11. The number of benzene rings is 2. The van der Waals surface area contributed by atoms with Crippen molar-refractivity contribution in [2.24, 2.45) is 0 Å². The molecule has 0 heterocycles. The minimum absolute atomic E-state index is 0.101. The quantitative estimate of drug-likeness (QED) is 0.499. The Hall–Kier alpha value is -1.96. The molecule has 102 valence electrons. The van der Waals surface area contributed by atoms with E-state index in [1.54, 1.807) is 12.1 Å². The maximum Gasteiger partial charge on any atom is 0.270 e. The number of aryl methyl sites for hydroxylation is 1. The lowest BCUT2D eigenvalue weighted by Gasteiger charge is -2.07. The van der Waals surface area contributed by atoms with E-state index in [1.165, 1.54) is 18.2 Å². The third-order valence-corrected chi connectivity index (χ3v) is 3.95. The molecule has 0 saturated heterocycles. The van der Waals surface area contributed by atoms with Crippen LogP contribution in [0.15, 0.2) is 42.5 Å². The molecule has 0 aromatic heterocycles. The van der Waals surface area contributed by atoms with Gasteiger partial charge in [-0.05, 0) is 59.3 Å². The normalized spacial score (nSPS) is 10.1. The Morgan fingerprint density at radius 1 is 1.25 bits per heavy atom. The van der Waals surface area contributed by atoms with Crippen molar-refractivity contribution in [2.75, 3.05) is 5.32 Å². The smallest absolute Gasteiger partial charge is 0.270 e. The molecule has 0 aliphatic rings. The van der Waals surface area contributed by atoms with Gasteiger partial charge in [0.05, 0.1) is 4.92 Å². The first-order valence-electron chi connectivity index (χ1n) is 5.79. The Balaban J connectivity index is 2.21. The fourth-order valence-electron chi connectivity index (χ4n) is 1.69. The summed E-state index contributed by atoms with van der Waals surface area (Å²) in [6.07, 6.45) is 0. The van der Waals surface area contributed by atoms with E-state index >= 15 is 0 Å². The summed E-state index contributed by atoms with van der Waals surface area (Å²) in [4.78, 5) is 22.2. The maximum absolute atomic E-state index is 12.0. The van der Waals surface area contributed by atoms with Crippen molar-refractivity contribution in [1.82, 2.24) is 0 Å². The van der Waals surface area contributed by atoms with Gasteiger partial charge in [-0.25, -0.2) is 0 Å². The van der Waals surface area contributed by atoms with Crippen LogP contribution >= 0.6 is 22.6 Å². The van der Waals surface area contributed by atoms with E-state index in [2.05, 4.69) is 27.9 Å². The molecule has 1 N–H and O–H groups in total. The van der Waals surface area contributed by atoms with E-state index in [4.69, 9.17) is 0 Å². The zero-order valence-corrected chi connectivity index (χ0v) is 12.7. The van der Waals surface area contributed by atoms with E-state index < -0.39 is 4.92 Å². The molecule has 2 rings (SSSR count). The first-order valence-corrected chi connectivity index (χ1v) is 6.87. The zero-order valence-electron chi connectivity index (χ0n) is 10.6. The summed E-state index contributed by atoms with van der Waals surface area (Å²) in [5.41, 5.74) is 1.88. The summed E-state index contributed by atoms with van der Waals surface area (Å²) in [5.74, 6) is -0.366. The number of nitro groups is 1. The number of nitro benzene ring substituents is 1. The van der Waals surface area contributed by atoms with Gasteiger partial charge in [0.25, 0.3) is 11.6 Å². The fraction of sp³-hybridized carbons (Fsp3) is 0.0714. The molecule has 0 unspecified atom stereocenters. The standard InChI is InChI=1S/C14H11IN2O3/c1-9-7-11(5-6-13(9)15)16-14(18)10-3-2-4-12(8-10)17(19)20/h2-8H,1H3,(H,16,18). The molecule has 2 aromatic carbocycles. The van der Waals surface area contributed by atoms with Crippen LogP contribution in [-0.2, 0) is 0 Å². The minimum Gasteiger partial charge on any atom is -0.322 e. The molecular weight excluding hydrogens is 371 g/mol. The number of amides is 1. The van der Waals surface area contributed by atoms with Gasteiger partial charge in [-0.3, -0.25) is 14.9 Å². The van der Waals surface area contributed by atoms with Crippen LogP contribution in [0.1, 0.15) is 15.9 Å². The number of carbonyl (C=O) groups excluding carboxylic acids is 1. The van der Waals surface area contributed by atoms with Crippen LogP contribution < -0.4 is 5.32 Å².